The summed E-state index contributed by atoms with van der Waals surface area (Å²) in [7, 11) is 1.53. The van der Waals surface area contributed by atoms with E-state index in [2.05, 4.69) is 12.1 Å². The van der Waals surface area contributed by atoms with E-state index < -0.39 is 5.91 Å². The van der Waals surface area contributed by atoms with Gasteiger partial charge in [0.15, 0.2) is 11.5 Å². The van der Waals surface area contributed by atoms with Gasteiger partial charge in [-0.3, -0.25) is 4.79 Å². The molecule has 0 bridgehead atoms. The Labute approximate surface area is 134 Å². The van der Waals surface area contributed by atoms with Gasteiger partial charge in [-0.2, -0.15) is 0 Å². The number of primary amides is 1. The number of fused-ring (bicyclic) bond motifs is 1. The first-order chi connectivity index (χ1) is 11.2. The third kappa shape index (κ3) is 2.97. The Morgan fingerprint density at radius 1 is 1.00 bits per heavy atom. The van der Waals surface area contributed by atoms with Gasteiger partial charge in [0.25, 0.3) is 5.91 Å². The van der Waals surface area contributed by atoms with Crippen molar-refractivity contribution < 1.29 is 14.3 Å². The molecule has 116 valence electrons. The molecule has 0 aliphatic rings. The number of amides is 1. The maximum Gasteiger partial charge on any atom is 0.252 e. The number of ether oxygens (including phenoxy) is 2. The second-order valence-corrected chi connectivity index (χ2v) is 5.13. The second kappa shape index (κ2) is 6.40. The van der Waals surface area contributed by atoms with Crippen LogP contribution in [0.5, 0.6) is 11.5 Å². The van der Waals surface area contributed by atoms with Crippen LogP contribution in [-0.4, -0.2) is 13.0 Å². The molecule has 3 rings (SSSR count). The first-order valence-electron chi connectivity index (χ1n) is 7.27. The van der Waals surface area contributed by atoms with Crippen molar-refractivity contribution in [3.8, 4) is 11.5 Å². The van der Waals surface area contributed by atoms with Crippen molar-refractivity contribution >= 4 is 16.7 Å². The molecule has 0 unspecified atom stereocenters. The molecule has 0 spiro atoms. The summed E-state index contributed by atoms with van der Waals surface area (Å²) < 4.78 is 11.2. The van der Waals surface area contributed by atoms with Gasteiger partial charge in [0.1, 0.15) is 6.61 Å². The predicted molar refractivity (Wildman–Crippen MR) is 89.8 cm³/mol. The minimum atomic E-state index is -0.545. The number of carbonyl (C=O) groups is 1. The Kier molecular flexibility index (Phi) is 4.15. The van der Waals surface area contributed by atoms with Crippen LogP contribution in [0.4, 0.5) is 0 Å². The number of benzene rings is 3. The Morgan fingerprint density at radius 2 is 1.74 bits per heavy atom. The van der Waals surface area contributed by atoms with Gasteiger partial charge in [0, 0.05) is 0 Å². The van der Waals surface area contributed by atoms with Crippen LogP contribution in [0.15, 0.2) is 60.7 Å². The maximum atomic E-state index is 11.6. The largest absolute Gasteiger partial charge is 0.493 e. The third-order valence-electron chi connectivity index (χ3n) is 3.72. The van der Waals surface area contributed by atoms with Gasteiger partial charge < -0.3 is 15.2 Å². The van der Waals surface area contributed by atoms with E-state index in [1.165, 1.54) is 7.11 Å². The van der Waals surface area contributed by atoms with Crippen LogP contribution in [0.3, 0.4) is 0 Å². The van der Waals surface area contributed by atoms with E-state index in [0.29, 0.717) is 23.7 Å². The number of rotatable bonds is 5. The van der Waals surface area contributed by atoms with Gasteiger partial charge >= 0.3 is 0 Å². The lowest BCUT2D eigenvalue weighted by Gasteiger charge is -2.14. The lowest BCUT2D eigenvalue weighted by Crippen LogP contribution is -2.13. The highest BCUT2D eigenvalue weighted by Gasteiger charge is 2.15. The highest BCUT2D eigenvalue weighted by molar-refractivity contribution is 5.96. The van der Waals surface area contributed by atoms with Gasteiger partial charge in [0.05, 0.1) is 12.7 Å². The van der Waals surface area contributed by atoms with E-state index in [1.54, 1.807) is 18.2 Å². The molecule has 4 heteroatoms. The summed E-state index contributed by atoms with van der Waals surface area (Å²) in [6.45, 7) is 0.321. The van der Waals surface area contributed by atoms with E-state index in [9.17, 15) is 4.79 Å². The standard InChI is InChI=1S/C19H17NO3/c1-22-17-11-5-10-16(19(20)21)18(17)23-12-14-8-4-7-13-6-2-3-9-15(13)14/h2-11H,12H2,1H3,(H2,20,21). The van der Waals surface area contributed by atoms with Gasteiger partial charge in [0.2, 0.25) is 0 Å². The molecule has 0 aliphatic carbocycles. The quantitative estimate of drug-likeness (QED) is 0.784. The Balaban J connectivity index is 1.95. The minimum absolute atomic E-state index is 0.310. The van der Waals surface area contributed by atoms with E-state index in [0.717, 1.165) is 16.3 Å². The van der Waals surface area contributed by atoms with Crippen molar-refractivity contribution in [2.75, 3.05) is 7.11 Å². The zero-order valence-corrected chi connectivity index (χ0v) is 12.8. The molecule has 0 saturated carbocycles. The fourth-order valence-corrected chi connectivity index (χ4v) is 2.59. The summed E-state index contributed by atoms with van der Waals surface area (Å²) >= 11 is 0. The lowest BCUT2D eigenvalue weighted by atomic mass is 10.1. The Hall–Kier alpha value is -3.01. The predicted octanol–water partition coefficient (Wildman–Crippen LogP) is 3.53. The molecule has 2 N–H and O–H groups in total. The molecule has 23 heavy (non-hydrogen) atoms. The summed E-state index contributed by atoms with van der Waals surface area (Å²) in [6, 6.07) is 19.2. The molecule has 0 fully saturated rings. The average molecular weight is 307 g/mol. The maximum absolute atomic E-state index is 11.6. The first-order valence-corrected chi connectivity index (χ1v) is 7.27. The van der Waals surface area contributed by atoms with Crippen molar-refractivity contribution in [3.63, 3.8) is 0 Å². The molecule has 4 nitrogen and oxygen atoms in total. The molecular weight excluding hydrogens is 290 g/mol. The van der Waals surface area contributed by atoms with E-state index in [-0.39, 0.29) is 0 Å². The number of methoxy groups -OCH3 is 1. The van der Waals surface area contributed by atoms with Crippen molar-refractivity contribution in [1.82, 2.24) is 0 Å². The van der Waals surface area contributed by atoms with Crippen molar-refractivity contribution in [3.05, 3.63) is 71.8 Å². The highest BCUT2D eigenvalue weighted by Crippen LogP contribution is 2.32. The van der Waals surface area contributed by atoms with Crippen LogP contribution in [0.1, 0.15) is 15.9 Å². The minimum Gasteiger partial charge on any atom is -0.493 e. The molecular formula is C19H17NO3. The molecule has 0 saturated heterocycles. The summed E-state index contributed by atoms with van der Waals surface area (Å²) in [5, 5.41) is 2.26. The number of hydrogen-bond acceptors (Lipinski definition) is 3. The van der Waals surface area contributed by atoms with Gasteiger partial charge in [-0.05, 0) is 28.5 Å². The summed E-state index contributed by atoms with van der Waals surface area (Å²) in [5.41, 5.74) is 6.76. The average Bonchev–Trinajstić information content (AvgIpc) is 2.59. The van der Waals surface area contributed by atoms with E-state index in [4.69, 9.17) is 15.2 Å². The van der Waals surface area contributed by atoms with Crippen LogP contribution in [-0.2, 0) is 6.61 Å². The van der Waals surface area contributed by atoms with Crippen molar-refractivity contribution in [2.24, 2.45) is 5.73 Å². The van der Waals surface area contributed by atoms with Crippen molar-refractivity contribution in [2.45, 2.75) is 6.61 Å². The summed E-state index contributed by atoms with van der Waals surface area (Å²) in [5.74, 6) is 0.314. The lowest BCUT2D eigenvalue weighted by molar-refractivity contribution is 0.0995. The highest BCUT2D eigenvalue weighted by atomic mass is 16.5. The van der Waals surface area contributed by atoms with Crippen LogP contribution >= 0.6 is 0 Å². The Morgan fingerprint density at radius 3 is 2.52 bits per heavy atom. The smallest absolute Gasteiger partial charge is 0.252 e. The number of nitrogens with two attached hydrogens (primary N) is 1. The number of hydrogen-bond donors (Lipinski definition) is 1. The molecule has 1 amide bonds. The first kappa shape index (κ1) is 14.9. The molecule has 3 aromatic carbocycles. The van der Waals surface area contributed by atoms with Gasteiger partial charge in [-0.15, -0.1) is 0 Å². The SMILES string of the molecule is COc1cccc(C(N)=O)c1OCc1cccc2ccccc12. The van der Waals surface area contributed by atoms with Gasteiger partial charge in [-0.1, -0.05) is 48.5 Å². The second-order valence-electron chi connectivity index (χ2n) is 5.13. The number of carbonyl (C=O) groups excluding carboxylic acids is 1. The topological polar surface area (TPSA) is 61.5 Å². The van der Waals surface area contributed by atoms with Crippen LogP contribution in [0.2, 0.25) is 0 Å². The third-order valence-corrected chi connectivity index (χ3v) is 3.72. The summed E-state index contributed by atoms with van der Waals surface area (Å²) in [6.07, 6.45) is 0. The van der Waals surface area contributed by atoms with E-state index in [1.807, 2.05) is 30.3 Å². The van der Waals surface area contributed by atoms with Crippen LogP contribution in [0, 0.1) is 0 Å². The molecule has 0 aliphatic heterocycles. The van der Waals surface area contributed by atoms with Gasteiger partial charge in [-0.25, -0.2) is 0 Å². The van der Waals surface area contributed by atoms with E-state index >= 15 is 0 Å². The van der Waals surface area contributed by atoms with Crippen molar-refractivity contribution in [1.29, 1.82) is 0 Å². The fourth-order valence-electron chi connectivity index (χ4n) is 2.59. The Bertz CT molecular complexity index is 853. The zero-order chi connectivity index (χ0) is 16.2. The number of para-hydroxylation sites is 1. The molecule has 0 radical (unpaired) electrons. The molecule has 3 aromatic rings. The summed E-state index contributed by atoms with van der Waals surface area (Å²) in [4.78, 5) is 11.6. The van der Waals surface area contributed by atoms with Crippen LogP contribution in [0.25, 0.3) is 10.8 Å². The molecule has 0 atom stereocenters. The zero-order valence-electron chi connectivity index (χ0n) is 12.8. The monoisotopic (exact) mass is 307 g/mol. The fraction of sp³-hybridized carbons (Fsp3) is 0.105. The van der Waals surface area contributed by atoms with Crippen LogP contribution < -0.4 is 15.2 Å². The normalized spacial score (nSPS) is 10.5. The molecule has 0 aromatic heterocycles. The molecule has 0 heterocycles.